The highest BCUT2D eigenvalue weighted by molar-refractivity contribution is 8.16. The monoisotopic (exact) mass is 376 g/mol. The summed E-state index contributed by atoms with van der Waals surface area (Å²) in [5, 5.41) is 10.1. The molecular formula is C21H29FN2OS. The van der Waals surface area contributed by atoms with Crippen LogP contribution in [-0.4, -0.2) is 52.0 Å². The molecule has 1 aromatic rings. The smallest absolute Gasteiger partial charge is 0.127 e. The highest BCUT2D eigenvalue weighted by atomic mass is 32.2. The number of aliphatic hydroxyl groups is 1. The van der Waals surface area contributed by atoms with E-state index in [-0.39, 0.29) is 17.3 Å². The largest absolute Gasteiger partial charge is 0.379 e. The Morgan fingerprint density at radius 1 is 1.15 bits per heavy atom. The third kappa shape index (κ3) is 3.05. The Balaban J connectivity index is 1.71. The number of hydrogen-bond acceptors (Lipinski definition) is 3. The molecule has 4 rings (SSSR count). The number of halogens is 1. The second kappa shape index (κ2) is 7.12. The molecule has 3 nitrogen and oxygen atoms in total. The summed E-state index contributed by atoms with van der Waals surface area (Å²) in [7, 11) is 0. The summed E-state index contributed by atoms with van der Waals surface area (Å²) in [4.78, 5) is 3.47. The summed E-state index contributed by atoms with van der Waals surface area (Å²) >= 11 is -0.567. The van der Waals surface area contributed by atoms with E-state index in [0.29, 0.717) is 5.92 Å². The first-order chi connectivity index (χ1) is 12.5. The lowest BCUT2D eigenvalue weighted by Gasteiger charge is -2.43. The van der Waals surface area contributed by atoms with E-state index in [9.17, 15) is 9.50 Å². The zero-order chi connectivity index (χ0) is 18.4. The van der Waals surface area contributed by atoms with E-state index >= 15 is 0 Å². The van der Waals surface area contributed by atoms with Gasteiger partial charge >= 0.3 is 0 Å². The first-order valence-electron chi connectivity index (χ1n) is 9.64. The topological polar surface area (TPSA) is 26.7 Å². The normalized spacial score (nSPS) is 29.2. The van der Waals surface area contributed by atoms with Gasteiger partial charge in [-0.2, -0.15) is 11.1 Å². The van der Waals surface area contributed by atoms with Crippen molar-refractivity contribution in [2.24, 2.45) is 0 Å². The minimum absolute atomic E-state index is 0.0487. The third-order valence-corrected chi connectivity index (χ3v) is 8.79. The van der Waals surface area contributed by atoms with Crippen LogP contribution in [0.15, 0.2) is 41.1 Å². The second-order valence-corrected chi connectivity index (χ2v) is 10.2. The molecule has 1 saturated heterocycles. The molecule has 0 amide bonds. The number of aliphatic hydroxyl groups excluding tert-OH is 1. The molecule has 142 valence electrons. The fourth-order valence-electron chi connectivity index (χ4n) is 4.34. The number of allylic oxidation sites excluding steroid dienone is 3. The van der Waals surface area contributed by atoms with Gasteiger partial charge in [-0.25, -0.2) is 4.39 Å². The highest BCUT2D eigenvalue weighted by Crippen LogP contribution is 2.61. The molecule has 2 aliphatic heterocycles. The lowest BCUT2D eigenvalue weighted by molar-refractivity contribution is 0.000798. The summed E-state index contributed by atoms with van der Waals surface area (Å²) in [6, 6.07) is 6.66. The van der Waals surface area contributed by atoms with Gasteiger partial charge in [0.05, 0.1) is 0 Å². The molecule has 0 spiro atoms. The van der Waals surface area contributed by atoms with E-state index in [1.165, 1.54) is 10.5 Å². The van der Waals surface area contributed by atoms with Gasteiger partial charge in [-0.15, -0.1) is 0 Å². The van der Waals surface area contributed by atoms with Crippen molar-refractivity contribution in [1.29, 1.82) is 0 Å². The molecule has 0 bridgehead atoms. The van der Waals surface area contributed by atoms with Gasteiger partial charge in [0, 0.05) is 41.9 Å². The van der Waals surface area contributed by atoms with Crippen molar-refractivity contribution >= 4 is 16.7 Å². The molecule has 26 heavy (non-hydrogen) atoms. The number of benzene rings is 1. The predicted molar refractivity (Wildman–Crippen MR) is 108 cm³/mol. The Morgan fingerprint density at radius 2 is 1.88 bits per heavy atom. The lowest BCUT2D eigenvalue weighted by atomic mass is 9.94. The van der Waals surface area contributed by atoms with Crippen LogP contribution in [0.2, 0.25) is 0 Å². The molecule has 1 N–H and O–H groups in total. The quantitative estimate of drug-likeness (QED) is 0.779. The van der Waals surface area contributed by atoms with Gasteiger partial charge in [-0.3, -0.25) is 9.21 Å². The van der Waals surface area contributed by atoms with E-state index in [2.05, 4.69) is 41.3 Å². The SMILES string of the molecule is CC(C)c1ccc2c(c1)[SH](N1CCN(C(C)O)CC1)C1CC=CC(F)=C21. The fourth-order valence-corrected chi connectivity index (χ4v) is 7.54. The lowest BCUT2D eigenvalue weighted by Crippen LogP contribution is -2.48. The maximum atomic E-state index is 14.7. The number of hydrogen-bond donors (Lipinski definition) is 2. The summed E-state index contributed by atoms with van der Waals surface area (Å²) < 4.78 is 17.3. The Kier molecular flexibility index (Phi) is 4.99. The zero-order valence-corrected chi connectivity index (χ0v) is 16.7. The van der Waals surface area contributed by atoms with E-state index < -0.39 is 11.1 Å². The molecule has 0 aromatic heterocycles. The van der Waals surface area contributed by atoms with Gasteiger partial charge in [0.1, 0.15) is 12.1 Å². The molecular weight excluding hydrogens is 347 g/mol. The van der Waals surface area contributed by atoms with Crippen molar-refractivity contribution in [1.82, 2.24) is 9.21 Å². The summed E-state index contributed by atoms with van der Waals surface area (Å²) in [6.45, 7) is 9.90. The van der Waals surface area contributed by atoms with Crippen molar-refractivity contribution in [3.8, 4) is 0 Å². The van der Waals surface area contributed by atoms with Crippen LogP contribution in [0.3, 0.4) is 0 Å². The predicted octanol–water partition coefficient (Wildman–Crippen LogP) is 4.06. The summed E-state index contributed by atoms with van der Waals surface area (Å²) in [5.41, 5.74) is 3.40. The average molecular weight is 377 g/mol. The third-order valence-electron chi connectivity index (χ3n) is 5.86. The number of fused-ring (bicyclic) bond motifs is 3. The molecule has 1 aromatic carbocycles. The van der Waals surface area contributed by atoms with Gasteiger partial charge in [-0.05, 0) is 42.5 Å². The molecule has 2 heterocycles. The van der Waals surface area contributed by atoms with Gasteiger partial charge in [0.25, 0.3) is 0 Å². The number of rotatable bonds is 3. The maximum absolute atomic E-state index is 14.7. The van der Waals surface area contributed by atoms with Gasteiger partial charge in [-0.1, -0.05) is 32.1 Å². The highest BCUT2D eigenvalue weighted by Gasteiger charge is 2.40. The van der Waals surface area contributed by atoms with Crippen molar-refractivity contribution in [3.63, 3.8) is 0 Å². The molecule has 0 saturated carbocycles. The van der Waals surface area contributed by atoms with E-state index in [4.69, 9.17) is 0 Å². The van der Waals surface area contributed by atoms with Crippen molar-refractivity contribution in [3.05, 3.63) is 47.3 Å². The van der Waals surface area contributed by atoms with E-state index in [1.54, 1.807) is 6.08 Å². The van der Waals surface area contributed by atoms with Crippen LogP contribution in [0, 0.1) is 0 Å². The summed E-state index contributed by atoms with van der Waals surface area (Å²) in [6.07, 6.45) is 4.19. The zero-order valence-electron chi connectivity index (χ0n) is 15.8. The second-order valence-electron chi connectivity index (χ2n) is 7.81. The minimum Gasteiger partial charge on any atom is -0.379 e. The van der Waals surface area contributed by atoms with Gasteiger partial charge in [0.2, 0.25) is 0 Å². The van der Waals surface area contributed by atoms with Crippen LogP contribution in [0.1, 0.15) is 44.2 Å². The fraction of sp³-hybridized carbons (Fsp3) is 0.524. The molecule has 3 aliphatic rings. The van der Waals surface area contributed by atoms with Gasteiger partial charge in [0.15, 0.2) is 0 Å². The average Bonchev–Trinajstić information content (AvgIpc) is 2.96. The van der Waals surface area contributed by atoms with Crippen molar-refractivity contribution < 1.29 is 9.50 Å². The van der Waals surface area contributed by atoms with Crippen LogP contribution in [-0.2, 0) is 0 Å². The first-order valence-corrected chi connectivity index (χ1v) is 11.0. The van der Waals surface area contributed by atoms with Crippen LogP contribution < -0.4 is 0 Å². The Labute approximate surface area is 158 Å². The van der Waals surface area contributed by atoms with Crippen LogP contribution in [0.5, 0.6) is 0 Å². The first kappa shape index (κ1) is 18.2. The molecule has 1 fully saturated rings. The number of nitrogens with zero attached hydrogens (tertiary/aromatic N) is 2. The molecule has 0 radical (unpaired) electrons. The van der Waals surface area contributed by atoms with E-state index in [0.717, 1.165) is 43.7 Å². The standard InChI is InChI=1S/C21H29FN2OS/c1-14(2)16-7-8-17-20(13-16)26(19-6-4-5-18(22)21(17)19)24-11-9-23(10-12-24)15(3)25/h4-5,7-8,13-15,19,25-26H,6,9-12H2,1-3H3. The van der Waals surface area contributed by atoms with Crippen LogP contribution in [0.4, 0.5) is 4.39 Å². The molecule has 5 heteroatoms. The van der Waals surface area contributed by atoms with Crippen LogP contribution in [0.25, 0.3) is 5.57 Å². The van der Waals surface area contributed by atoms with Crippen molar-refractivity contribution in [2.75, 3.05) is 26.2 Å². The summed E-state index contributed by atoms with van der Waals surface area (Å²) in [5.74, 6) is 0.427. The van der Waals surface area contributed by atoms with Gasteiger partial charge < -0.3 is 5.11 Å². The molecule has 1 aliphatic carbocycles. The Bertz CT molecular complexity index is 750. The number of piperazine rings is 1. The Hall–Kier alpha value is -1.14. The minimum atomic E-state index is -0.567. The molecule has 3 atom stereocenters. The Morgan fingerprint density at radius 3 is 2.54 bits per heavy atom. The number of thiol groups is 1. The maximum Gasteiger partial charge on any atom is 0.127 e. The molecule has 3 unspecified atom stereocenters. The van der Waals surface area contributed by atoms with Crippen molar-refractivity contribution in [2.45, 2.75) is 49.5 Å². The van der Waals surface area contributed by atoms with E-state index in [1.807, 2.05) is 13.0 Å². The van der Waals surface area contributed by atoms with Crippen LogP contribution >= 0.6 is 11.1 Å².